The second-order valence-corrected chi connectivity index (χ2v) is 8.49. The second kappa shape index (κ2) is 18.3. The van der Waals surface area contributed by atoms with Crippen LogP contribution in [0.4, 0.5) is 0 Å². The van der Waals surface area contributed by atoms with Gasteiger partial charge in [-0.05, 0) is 5.39 Å². The van der Waals surface area contributed by atoms with E-state index in [0.717, 1.165) is 6.92 Å². The van der Waals surface area contributed by atoms with Crippen molar-refractivity contribution in [2.75, 3.05) is 0 Å². The van der Waals surface area contributed by atoms with E-state index in [1.807, 2.05) is 6.07 Å². The first kappa shape index (κ1) is 34.1. The van der Waals surface area contributed by atoms with Crippen LogP contribution < -0.4 is 0 Å². The van der Waals surface area contributed by atoms with Gasteiger partial charge in [-0.2, -0.15) is 51.4 Å². The molecule has 0 saturated heterocycles. The maximum Gasteiger partial charge on any atom is 0.300 e. The van der Waals surface area contributed by atoms with E-state index in [9.17, 15) is 0 Å². The molecule has 1 N–H and O–H groups in total. The summed E-state index contributed by atoms with van der Waals surface area (Å²) in [5.74, 6) is 2.00. The van der Waals surface area contributed by atoms with E-state index >= 15 is 0 Å². The van der Waals surface area contributed by atoms with E-state index in [1.54, 1.807) is 0 Å². The summed E-state index contributed by atoms with van der Waals surface area (Å²) in [6, 6.07) is 31.0. The smallest absolute Gasteiger partial charge is 0.300 e. The zero-order valence-electron chi connectivity index (χ0n) is 21.4. The van der Waals surface area contributed by atoms with Crippen molar-refractivity contribution in [1.82, 2.24) is 0 Å². The summed E-state index contributed by atoms with van der Waals surface area (Å²) < 4.78 is 0. The van der Waals surface area contributed by atoms with Gasteiger partial charge in [-0.25, -0.2) is 0 Å². The van der Waals surface area contributed by atoms with Crippen LogP contribution in [0, 0.1) is 17.9 Å². The summed E-state index contributed by atoms with van der Waals surface area (Å²) in [7, 11) is 0. The van der Waals surface area contributed by atoms with Gasteiger partial charge in [0.2, 0.25) is 0 Å². The fourth-order valence-electron chi connectivity index (χ4n) is 2.83. The summed E-state index contributed by atoms with van der Waals surface area (Å²) in [5, 5.41) is 12.5. The van der Waals surface area contributed by atoms with Crippen molar-refractivity contribution >= 4 is 37.4 Å². The standard InChI is InChI=1S/C20H13.2C4H9.C2H4O2.H3P.Pd/c1-3-11-17-15(7-1)9-5-13-19(17)20-14-6-10-16-8-2-4-12-18(16)20;2*1-4(2)3;1-2(3)4;;/h1-13H;2*1-3H3;1H3,(H,3,4);1H3;/q3*-1;;;. The fourth-order valence-corrected chi connectivity index (χ4v) is 2.83. The predicted octanol–water partition coefficient (Wildman–Crippen LogP) is 8.85. The average Bonchev–Trinajstić information content (AvgIpc) is 2.72. The Balaban J connectivity index is 0. The van der Waals surface area contributed by atoms with Gasteiger partial charge >= 0.3 is 0 Å². The minimum absolute atomic E-state index is 0. The van der Waals surface area contributed by atoms with E-state index in [-0.39, 0.29) is 30.3 Å². The Morgan fingerprint density at radius 3 is 1.59 bits per heavy atom. The number of hydrogen-bond donors (Lipinski definition) is 1. The Labute approximate surface area is 223 Å². The Morgan fingerprint density at radius 1 is 0.706 bits per heavy atom. The van der Waals surface area contributed by atoms with Crippen molar-refractivity contribution in [3.8, 4) is 11.1 Å². The zero-order chi connectivity index (χ0) is 24.1. The molecule has 0 amide bonds. The molecular formula is C30H38O2PPd-3. The third-order valence-corrected chi connectivity index (χ3v) is 3.78. The van der Waals surface area contributed by atoms with Crippen LogP contribution in [0.3, 0.4) is 0 Å². The molecule has 188 valence electrons. The van der Waals surface area contributed by atoms with Crippen LogP contribution in [-0.2, 0) is 25.2 Å². The largest absolute Gasteiger partial charge is 0.481 e. The molecule has 0 aliphatic carbocycles. The average molecular weight is 568 g/mol. The van der Waals surface area contributed by atoms with Crippen molar-refractivity contribution in [2.45, 2.75) is 48.5 Å². The molecule has 2 nitrogen and oxygen atoms in total. The molecule has 1 atom stereocenters. The summed E-state index contributed by atoms with van der Waals surface area (Å²) in [4.78, 5) is 9.00. The molecule has 0 fully saturated rings. The maximum atomic E-state index is 9.00. The minimum Gasteiger partial charge on any atom is -0.481 e. The van der Waals surface area contributed by atoms with Crippen LogP contribution >= 0.6 is 9.90 Å². The molecule has 0 aromatic heterocycles. The maximum absolute atomic E-state index is 9.00. The minimum atomic E-state index is -0.833. The topological polar surface area (TPSA) is 37.3 Å². The monoisotopic (exact) mass is 567 g/mol. The van der Waals surface area contributed by atoms with E-state index < -0.39 is 5.97 Å². The van der Waals surface area contributed by atoms with Gasteiger partial charge in [-0.3, -0.25) is 4.79 Å². The number of rotatable bonds is 1. The van der Waals surface area contributed by atoms with Gasteiger partial charge in [0.15, 0.2) is 0 Å². The van der Waals surface area contributed by atoms with E-state index in [1.165, 1.54) is 44.5 Å². The molecule has 1 unspecified atom stereocenters. The fraction of sp³-hybridized carbons (Fsp3) is 0.233. The molecule has 4 aromatic carbocycles. The van der Waals surface area contributed by atoms with Crippen LogP contribution in [0.5, 0.6) is 0 Å². The van der Waals surface area contributed by atoms with Gasteiger partial charge in [0, 0.05) is 27.3 Å². The van der Waals surface area contributed by atoms with Crippen LogP contribution in [0.1, 0.15) is 48.5 Å². The first-order chi connectivity index (χ1) is 15.1. The predicted molar refractivity (Wildman–Crippen MR) is 151 cm³/mol. The molecule has 0 saturated carbocycles. The molecule has 34 heavy (non-hydrogen) atoms. The molecule has 0 spiro atoms. The molecular weight excluding hydrogens is 530 g/mol. The van der Waals surface area contributed by atoms with Gasteiger partial charge in [0.05, 0.1) is 0 Å². The van der Waals surface area contributed by atoms with Gasteiger partial charge < -0.3 is 16.9 Å². The number of fused-ring (bicyclic) bond motifs is 2. The van der Waals surface area contributed by atoms with Gasteiger partial charge in [0.1, 0.15) is 0 Å². The third-order valence-electron chi connectivity index (χ3n) is 3.78. The number of carboxylic acid groups (broad SMARTS) is 1. The van der Waals surface area contributed by atoms with Crippen LogP contribution in [0.2, 0.25) is 0 Å². The SMILES string of the molecule is CC(=O)O.C[C-](C)C.C[C-](C)C.P.[Pd].[c-]1ccc2ccccc2c1-c1cccc2ccccc12. The summed E-state index contributed by atoms with van der Waals surface area (Å²) in [6.07, 6.45) is 0. The normalized spacial score (nSPS) is 9.32. The summed E-state index contributed by atoms with van der Waals surface area (Å²) in [6.45, 7) is 13.6. The van der Waals surface area contributed by atoms with Crippen LogP contribution in [0.15, 0.2) is 78.9 Å². The molecule has 0 radical (unpaired) electrons. The Hall–Kier alpha value is -2.04. The van der Waals surface area contributed by atoms with Crippen molar-refractivity contribution in [3.63, 3.8) is 0 Å². The Morgan fingerprint density at radius 2 is 1.09 bits per heavy atom. The van der Waals surface area contributed by atoms with Crippen molar-refractivity contribution < 1.29 is 30.3 Å². The number of hydrogen-bond acceptors (Lipinski definition) is 1. The Kier molecular flexibility index (Phi) is 18.4. The first-order valence-corrected chi connectivity index (χ1v) is 10.7. The molecule has 0 aliphatic heterocycles. The number of aliphatic carboxylic acids is 1. The van der Waals surface area contributed by atoms with Crippen molar-refractivity contribution in [3.05, 3.63) is 96.8 Å². The van der Waals surface area contributed by atoms with Crippen molar-refractivity contribution in [2.24, 2.45) is 0 Å². The molecule has 0 aliphatic rings. The van der Waals surface area contributed by atoms with Gasteiger partial charge in [0.25, 0.3) is 5.97 Å². The molecule has 0 bridgehead atoms. The van der Waals surface area contributed by atoms with Crippen molar-refractivity contribution in [1.29, 1.82) is 0 Å². The number of carbonyl (C=O) groups is 1. The second-order valence-electron chi connectivity index (χ2n) is 8.49. The quantitative estimate of drug-likeness (QED) is 0.142. The molecule has 0 heterocycles. The summed E-state index contributed by atoms with van der Waals surface area (Å²) >= 11 is 0. The molecule has 4 aromatic rings. The van der Waals surface area contributed by atoms with Gasteiger partial charge in [-0.1, -0.05) is 77.7 Å². The number of benzene rings is 4. The number of carboxylic acids is 1. The van der Waals surface area contributed by atoms with E-state index in [2.05, 4.69) is 120 Å². The first-order valence-electron chi connectivity index (χ1n) is 10.7. The van der Waals surface area contributed by atoms with Crippen LogP contribution in [0.25, 0.3) is 32.7 Å². The van der Waals surface area contributed by atoms with Crippen LogP contribution in [-0.4, -0.2) is 11.1 Å². The molecule has 4 heteroatoms. The van der Waals surface area contributed by atoms with E-state index in [0.29, 0.717) is 0 Å². The summed E-state index contributed by atoms with van der Waals surface area (Å²) in [5.41, 5.74) is 2.43. The molecule has 4 rings (SSSR count). The third kappa shape index (κ3) is 13.0. The zero-order valence-corrected chi connectivity index (χ0v) is 24.4. The van der Waals surface area contributed by atoms with E-state index in [4.69, 9.17) is 9.90 Å². The van der Waals surface area contributed by atoms with Gasteiger partial charge in [-0.15, -0.1) is 34.5 Å². The Bertz CT molecular complexity index is 1000.